The standard InChI is InChI=1S/C16H18O/c1-2-4-12(5-3-1)17-16-10-11-6-7-15(16)14-9-8-13(11)14/h1-5,8-9,11,13-16H,6-7,10H2/t11-,13-,14+,15-,16+/m1/s1. The van der Waals surface area contributed by atoms with Crippen LogP contribution in [0.25, 0.3) is 0 Å². The third kappa shape index (κ3) is 1.45. The van der Waals surface area contributed by atoms with Gasteiger partial charge in [-0.1, -0.05) is 30.4 Å². The average Bonchev–Trinajstić information content (AvgIpc) is 2.31. The smallest absolute Gasteiger partial charge is 0.119 e. The summed E-state index contributed by atoms with van der Waals surface area (Å²) in [5.41, 5.74) is 0. The van der Waals surface area contributed by atoms with Gasteiger partial charge < -0.3 is 4.74 Å². The molecule has 17 heavy (non-hydrogen) atoms. The molecule has 0 heterocycles. The zero-order valence-corrected chi connectivity index (χ0v) is 9.96. The first-order chi connectivity index (χ1) is 8.42. The molecule has 0 saturated heterocycles. The summed E-state index contributed by atoms with van der Waals surface area (Å²) in [5.74, 6) is 4.43. The molecule has 3 saturated carbocycles. The molecule has 1 aromatic rings. The van der Waals surface area contributed by atoms with Crippen LogP contribution in [0.1, 0.15) is 19.3 Å². The molecule has 3 fully saturated rings. The maximum absolute atomic E-state index is 6.21. The first-order valence-electron chi connectivity index (χ1n) is 6.82. The van der Waals surface area contributed by atoms with Gasteiger partial charge in [0.2, 0.25) is 0 Å². The zero-order valence-electron chi connectivity index (χ0n) is 9.96. The Hall–Kier alpha value is -1.24. The van der Waals surface area contributed by atoms with Gasteiger partial charge in [0, 0.05) is 5.92 Å². The van der Waals surface area contributed by atoms with Crippen molar-refractivity contribution in [2.45, 2.75) is 25.4 Å². The van der Waals surface area contributed by atoms with Gasteiger partial charge in [0.05, 0.1) is 0 Å². The van der Waals surface area contributed by atoms with Crippen molar-refractivity contribution in [2.24, 2.45) is 23.7 Å². The van der Waals surface area contributed by atoms with Gasteiger partial charge in [-0.15, -0.1) is 0 Å². The minimum absolute atomic E-state index is 0.461. The molecule has 2 bridgehead atoms. The normalized spacial score (nSPS) is 41.8. The van der Waals surface area contributed by atoms with Crippen molar-refractivity contribution < 1.29 is 4.74 Å². The minimum Gasteiger partial charge on any atom is -0.490 e. The molecule has 4 aliphatic carbocycles. The number of ether oxygens (including phenoxy) is 1. The van der Waals surface area contributed by atoms with Gasteiger partial charge >= 0.3 is 0 Å². The van der Waals surface area contributed by atoms with E-state index >= 15 is 0 Å². The predicted octanol–water partition coefficient (Wildman–Crippen LogP) is 3.67. The molecule has 0 spiro atoms. The van der Waals surface area contributed by atoms with E-state index in [4.69, 9.17) is 4.74 Å². The number of para-hydroxylation sites is 1. The van der Waals surface area contributed by atoms with E-state index < -0.39 is 0 Å². The predicted molar refractivity (Wildman–Crippen MR) is 67.8 cm³/mol. The molecule has 0 radical (unpaired) electrons. The summed E-state index contributed by atoms with van der Waals surface area (Å²) >= 11 is 0. The highest BCUT2D eigenvalue weighted by Gasteiger charge is 2.50. The second-order valence-electron chi connectivity index (χ2n) is 5.75. The second kappa shape index (κ2) is 3.63. The van der Waals surface area contributed by atoms with E-state index in [1.165, 1.54) is 19.3 Å². The van der Waals surface area contributed by atoms with Crippen LogP contribution >= 0.6 is 0 Å². The molecule has 1 nitrogen and oxygen atoms in total. The lowest BCUT2D eigenvalue weighted by Gasteiger charge is -2.54. The maximum atomic E-state index is 6.21. The zero-order chi connectivity index (χ0) is 11.2. The van der Waals surface area contributed by atoms with E-state index in [1.807, 2.05) is 6.07 Å². The first-order valence-corrected chi connectivity index (χ1v) is 6.82. The van der Waals surface area contributed by atoms with E-state index in [2.05, 4.69) is 36.4 Å². The molecule has 4 aliphatic rings. The summed E-state index contributed by atoms with van der Waals surface area (Å²) in [5, 5.41) is 0. The molecule has 0 N–H and O–H groups in total. The van der Waals surface area contributed by atoms with E-state index in [1.54, 1.807) is 0 Å². The first kappa shape index (κ1) is 9.76. The van der Waals surface area contributed by atoms with Crippen LogP contribution < -0.4 is 4.74 Å². The van der Waals surface area contributed by atoms with Gasteiger partial charge in [0.25, 0.3) is 0 Å². The van der Waals surface area contributed by atoms with Crippen LogP contribution in [0, 0.1) is 23.7 Å². The van der Waals surface area contributed by atoms with Crippen LogP contribution in [0.3, 0.4) is 0 Å². The van der Waals surface area contributed by atoms with Crippen LogP contribution in [0.4, 0.5) is 0 Å². The summed E-state index contributed by atoms with van der Waals surface area (Å²) in [6.45, 7) is 0. The van der Waals surface area contributed by atoms with Crippen LogP contribution in [0.2, 0.25) is 0 Å². The fraction of sp³-hybridized carbons (Fsp3) is 0.500. The van der Waals surface area contributed by atoms with Crippen molar-refractivity contribution in [1.82, 2.24) is 0 Å². The second-order valence-corrected chi connectivity index (χ2v) is 5.75. The van der Waals surface area contributed by atoms with Gasteiger partial charge in [0.1, 0.15) is 11.9 Å². The van der Waals surface area contributed by atoms with E-state index in [0.717, 1.165) is 29.4 Å². The van der Waals surface area contributed by atoms with Gasteiger partial charge in [-0.25, -0.2) is 0 Å². The van der Waals surface area contributed by atoms with Gasteiger partial charge in [0.15, 0.2) is 0 Å². The average molecular weight is 226 g/mol. The molecular formula is C16H18O. The van der Waals surface area contributed by atoms with Crippen molar-refractivity contribution >= 4 is 0 Å². The third-order valence-corrected chi connectivity index (χ3v) is 4.95. The Morgan fingerprint density at radius 3 is 2.47 bits per heavy atom. The summed E-state index contributed by atoms with van der Waals surface area (Å²) in [4.78, 5) is 0. The highest BCUT2D eigenvalue weighted by molar-refractivity contribution is 5.23. The number of allylic oxidation sites excluding steroid dienone is 2. The summed E-state index contributed by atoms with van der Waals surface area (Å²) < 4.78 is 6.21. The topological polar surface area (TPSA) is 9.23 Å². The van der Waals surface area contributed by atoms with Crippen LogP contribution in [-0.2, 0) is 0 Å². The Kier molecular flexibility index (Phi) is 2.08. The van der Waals surface area contributed by atoms with Crippen molar-refractivity contribution in [3.05, 3.63) is 42.5 Å². The Morgan fingerprint density at radius 1 is 0.941 bits per heavy atom. The van der Waals surface area contributed by atoms with Gasteiger partial charge in [-0.2, -0.15) is 0 Å². The molecule has 1 heteroatoms. The number of hydrogen-bond acceptors (Lipinski definition) is 1. The molecule has 0 unspecified atom stereocenters. The molecular weight excluding hydrogens is 208 g/mol. The largest absolute Gasteiger partial charge is 0.490 e. The third-order valence-electron chi connectivity index (χ3n) is 4.95. The lowest BCUT2D eigenvalue weighted by Crippen LogP contribution is -2.51. The Morgan fingerprint density at radius 2 is 1.76 bits per heavy atom. The number of hydrogen-bond donors (Lipinski definition) is 0. The number of rotatable bonds is 2. The van der Waals surface area contributed by atoms with Crippen LogP contribution in [-0.4, -0.2) is 6.10 Å². The van der Waals surface area contributed by atoms with Crippen molar-refractivity contribution in [1.29, 1.82) is 0 Å². The quantitative estimate of drug-likeness (QED) is 0.699. The molecule has 0 aromatic heterocycles. The fourth-order valence-corrected chi connectivity index (χ4v) is 4.05. The Labute approximate surface area is 102 Å². The summed E-state index contributed by atoms with van der Waals surface area (Å²) in [6, 6.07) is 10.3. The lowest BCUT2D eigenvalue weighted by atomic mass is 9.53. The minimum atomic E-state index is 0.461. The van der Waals surface area contributed by atoms with E-state index in [0.29, 0.717) is 6.10 Å². The highest BCUT2D eigenvalue weighted by Crippen LogP contribution is 2.54. The van der Waals surface area contributed by atoms with E-state index in [-0.39, 0.29) is 0 Å². The molecule has 5 rings (SSSR count). The molecule has 1 aromatic carbocycles. The van der Waals surface area contributed by atoms with Crippen molar-refractivity contribution in [2.75, 3.05) is 0 Å². The van der Waals surface area contributed by atoms with E-state index in [9.17, 15) is 0 Å². The number of benzene rings is 1. The SMILES string of the molecule is C1=C[C@H]2[C@H]1[C@@H]1CC[C@H]2[C@@H](Oc2ccccc2)C1. The summed E-state index contributed by atoms with van der Waals surface area (Å²) in [7, 11) is 0. The van der Waals surface area contributed by atoms with Crippen molar-refractivity contribution in [3.63, 3.8) is 0 Å². The Bertz CT molecular complexity index is 436. The van der Waals surface area contributed by atoms with Crippen molar-refractivity contribution in [3.8, 4) is 5.75 Å². The molecule has 0 aliphatic heterocycles. The lowest BCUT2D eigenvalue weighted by molar-refractivity contribution is -0.0426. The number of fused-ring (bicyclic) bond motifs is 2. The molecule has 88 valence electrons. The molecule has 5 atom stereocenters. The highest BCUT2D eigenvalue weighted by atomic mass is 16.5. The Balaban J connectivity index is 1.55. The fourth-order valence-electron chi connectivity index (χ4n) is 4.05. The summed E-state index contributed by atoms with van der Waals surface area (Å²) in [6.07, 6.45) is 9.37. The van der Waals surface area contributed by atoms with Gasteiger partial charge in [-0.05, 0) is 49.1 Å². The monoisotopic (exact) mass is 226 g/mol. The molecule has 0 amide bonds. The maximum Gasteiger partial charge on any atom is 0.119 e. The van der Waals surface area contributed by atoms with Crippen LogP contribution in [0.15, 0.2) is 42.5 Å². The van der Waals surface area contributed by atoms with Crippen LogP contribution in [0.5, 0.6) is 5.75 Å². The van der Waals surface area contributed by atoms with Gasteiger partial charge in [-0.3, -0.25) is 0 Å².